The largest absolute Gasteiger partial charge is 0.429 e. The molecule has 33 heavy (non-hydrogen) atoms. The van der Waals surface area contributed by atoms with Crippen LogP contribution in [0.1, 0.15) is 37.2 Å². The first kappa shape index (κ1) is 24.8. The van der Waals surface area contributed by atoms with E-state index in [0.717, 1.165) is 31.0 Å². The van der Waals surface area contributed by atoms with Gasteiger partial charge in [-0.1, -0.05) is 19.4 Å². The summed E-state index contributed by atoms with van der Waals surface area (Å²) < 4.78 is 114. The fraction of sp³-hybridized carbons (Fsp3) is 0.364. The second kappa shape index (κ2) is 10.4. The van der Waals surface area contributed by atoms with Crippen molar-refractivity contribution in [3.63, 3.8) is 0 Å². The molecule has 1 saturated heterocycles. The summed E-state index contributed by atoms with van der Waals surface area (Å²) in [7, 11) is 0. The maximum Gasteiger partial charge on any atom is 0.429 e. The molecular formula is C22H19F7O4. The molecule has 1 aliphatic rings. The molecule has 0 spiro atoms. The minimum atomic E-state index is -4.23. The summed E-state index contributed by atoms with van der Waals surface area (Å²) in [6, 6.07) is 2.14. The molecule has 3 rings (SSSR count). The van der Waals surface area contributed by atoms with Crippen LogP contribution in [0.15, 0.2) is 48.5 Å². The zero-order chi connectivity index (χ0) is 24.2. The van der Waals surface area contributed by atoms with Crippen LogP contribution < -0.4 is 9.47 Å². The molecule has 1 heterocycles. The minimum absolute atomic E-state index is 0.199. The van der Waals surface area contributed by atoms with Gasteiger partial charge in [0.05, 0.1) is 18.8 Å². The SMILES string of the molecule is CCCC1COC(c2ccc(C(F)(F)Oc3ccc(OC(F)=C(F)F)c(F)c3)c(F)c2)OC1. The Morgan fingerprint density at radius 1 is 1.00 bits per heavy atom. The second-order valence-corrected chi connectivity index (χ2v) is 7.24. The van der Waals surface area contributed by atoms with E-state index in [1.54, 1.807) is 0 Å². The standard InChI is InChI=1S/C22H19F7O4/c1-2-3-12-10-30-21(31-11-12)13-4-6-15(16(23)8-13)22(28,29)33-14-5-7-18(17(24)9-14)32-20(27)19(25)26/h4-9,12,21H,2-3,10-11H2,1H3. The van der Waals surface area contributed by atoms with Gasteiger partial charge >= 0.3 is 18.2 Å². The number of alkyl halides is 2. The van der Waals surface area contributed by atoms with Crippen LogP contribution in [-0.4, -0.2) is 13.2 Å². The fourth-order valence-corrected chi connectivity index (χ4v) is 3.19. The quantitative estimate of drug-likeness (QED) is 0.302. The van der Waals surface area contributed by atoms with Gasteiger partial charge in [0.1, 0.15) is 11.6 Å². The Morgan fingerprint density at radius 3 is 2.27 bits per heavy atom. The topological polar surface area (TPSA) is 36.9 Å². The van der Waals surface area contributed by atoms with E-state index < -0.39 is 53.2 Å². The van der Waals surface area contributed by atoms with Crippen LogP contribution in [0.25, 0.3) is 0 Å². The van der Waals surface area contributed by atoms with Gasteiger partial charge in [-0.15, -0.1) is 0 Å². The molecule has 0 amide bonds. The molecule has 0 unspecified atom stereocenters. The Bertz CT molecular complexity index is 1000. The lowest BCUT2D eigenvalue weighted by Gasteiger charge is -2.29. The van der Waals surface area contributed by atoms with Crippen LogP contribution >= 0.6 is 0 Å². The van der Waals surface area contributed by atoms with Gasteiger partial charge in [0.2, 0.25) is 0 Å². The van der Waals surface area contributed by atoms with Crippen molar-refractivity contribution in [1.29, 1.82) is 0 Å². The zero-order valence-corrected chi connectivity index (χ0v) is 17.2. The van der Waals surface area contributed by atoms with Gasteiger partial charge in [0, 0.05) is 17.5 Å². The molecular weight excluding hydrogens is 461 g/mol. The lowest BCUT2D eigenvalue weighted by molar-refractivity contribution is -0.206. The summed E-state index contributed by atoms with van der Waals surface area (Å²) in [5.74, 6) is -4.33. The highest BCUT2D eigenvalue weighted by atomic mass is 19.3. The summed E-state index contributed by atoms with van der Waals surface area (Å²) in [5.41, 5.74) is -0.940. The third-order valence-electron chi connectivity index (χ3n) is 4.74. The van der Waals surface area contributed by atoms with Crippen LogP contribution in [0.4, 0.5) is 30.7 Å². The number of ether oxygens (including phenoxy) is 4. The molecule has 0 aliphatic carbocycles. The van der Waals surface area contributed by atoms with Crippen molar-refractivity contribution >= 4 is 0 Å². The summed E-state index contributed by atoms with van der Waals surface area (Å²) in [4.78, 5) is 0. The molecule has 0 saturated carbocycles. The molecule has 4 nitrogen and oxygen atoms in total. The van der Waals surface area contributed by atoms with E-state index in [-0.39, 0.29) is 11.5 Å². The Kier molecular flexibility index (Phi) is 7.85. The third kappa shape index (κ3) is 6.17. The molecule has 1 fully saturated rings. The summed E-state index contributed by atoms with van der Waals surface area (Å²) in [6.07, 6.45) is -6.11. The molecule has 180 valence electrons. The molecule has 0 N–H and O–H groups in total. The fourth-order valence-electron chi connectivity index (χ4n) is 3.19. The maximum atomic E-state index is 14.5. The van der Waals surface area contributed by atoms with Crippen molar-refractivity contribution in [1.82, 2.24) is 0 Å². The summed E-state index contributed by atoms with van der Waals surface area (Å²) in [6.45, 7) is 2.80. The molecule has 2 aromatic carbocycles. The lowest BCUT2D eigenvalue weighted by atomic mass is 10.0. The van der Waals surface area contributed by atoms with Gasteiger partial charge in [-0.25, -0.2) is 8.78 Å². The van der Waals surface area contributed by atoms with Crippen molar-refractivity contribution in [2.45, 2.75) is 32.2 Å². The predicted molar refractivity (Wildman–Crippen MR) is 101 cm³/mol. The number of rotatable bonds is 8. The smallest absolute Gasteiger partial charge is 0.429 e. The molecule has 0 radical (unpaired) electrons. The maximum absolute atomic E-state index is 14.5. The third-order valence-corrected chi connectivity index (χ3v) is 4.74. The van der Waals surface area contributed by atoms with Crippen molar-refractivity contribution in [2.75, 3.05) is 13.2 Å². The number of halogens is 7. The highest BCUT2D eigenvalue weighted by molar-refractivity contribution is 5.35. The summed E-state index contributed by atoms with van der Waals surface area (Å²) in [5, 5.41) is 0. The average molecular weight is 480 g/mol. The van der Waals surface area contributed by atoms with E-state index in [1.165, 1.54) is 6.07 Å². The summed E-state index contributed by atoms with van der Waals surface area (Å²) >= 11 is 0. The van der Waals surface area contributed by atoms with Crippen molar-refractivity contribution < 1.29 is 49.7 Å². The minimum Gasteiger partial charge on any atom is -0.429 e. The van der Waals surface area contributed by atoms with Crippen LogP contribution in [0.2, 0.25) is 0 Å². The zero-order valence-electron chi connectivity index (χ0n) is 17.2. The Labute approximate surface area is 184 Å². The first-order chi connectivity index (χ1) is 15.6. The van der Waals surface area contributed by atoms with E-state index in [4.69, 9.17) is 9.47 Å². The molecule has 0 atom stereocenters. The highest BCUT2D eigenvalue weighted by Gasteiger charge is 2.38. The molecule has 0 bridgehead atoms. The highest BCUT2D eigenvalue weighted by Crippen LogP contribution is 2.36. The van der Waals surface area contributed by atoms with Crippen LogP contribution in [0.5, 0.6) is 11.5 Å². The van der Waals surface area contributed by atoms with E-state index >= 15 is 0 Å². The number of hydrogen-bond acceptors (Lipinski definition) is 4. The van der Waals surface area contributed by atoms with Gasteiger partial charge in [-0.05, 0) is 30.7 Å². The van der Waals surface area contributed by atoms with Crippen molar-refractivity contribution in [2.24, 2.45) is 5.92 Å². The van der Waals surface area contributed by atoms with E-state index in [0.29, 0.717) is 25.3 Å². The van der Waals surface area contributed by atoms with Crippen LogP contribution in [-0.2, 0) is 15.6 Å². The first-order valence-electron chi connectivity index (χ1n) is 9.88. The van der Waals surface area contributed by atoms with E-state index in [1.807, 2.05) is 6.92 Å². The number of hydrogen-bond donors (Lipinski definition) is 0. The van der Waals surface area contributed by atoms with Gasteiger partial charge in [-0.2, -0.15) is 22.0 Å². The predicted octanol–water partition coefficient (Wildman–Crippen LogP) is 6.97. The Balaban J connectivity index is 1.71. The van der Waals surface area contributed by atoms with Gasteiger partial charge in [-0.3, -0.25) is 0 Å². The second-order valence-electron chi connectivity index (χ2n) is 7.24. The number of benzene rings is 2. The molecule has 11 heteroatoms. The Morgan fingerprint density at radius 2 is 1.70 bits per heavy atom. The monoisotopic (exact) mass is 480 g/mol. The van der Waals surface area contributed by atoms with Gasteiger partial charge in [0.15, 0.2) is 17.9 Å². The van der Waals surface area contributed by atoms with Crippen LogP contribution in [0.3, 0.4) is 0 Å². The molecule has 2 aromatic rings. The van der Waals surface area contributed by atoms with Gasteiger partial charge < -0.3 is 18.9 Å². The van der Waals surface area contributed by atoms with Crippen molar-refractivity contribution in [3.05, 3.63) is 71.3 Å². The lowest BCUT2D eigenvalue weighted by Crippen LogP contribution is -2.27. The normalized spacial score (nSPS) is 18.7. The molecule has 1 aliphatic heterocycles. The van der Waals surface area contributed by atoms with Crippen molar-refractivity contribution in [3.8, 4) is 11.5 Å². The average Bonchev–Trinajstić information content (AvgIpc) is 2.75. The van der Waals surface area contributed by atoms with E-state index in [9.17, 15) is 30.7 Å². The van der Waals surface area contributed by atoms with Gasteiger partial charge in [0.25, 0.3) is 0 Å². The first-order valence-corrected chi connectivity index (χ1v) is 9.88. The Hall–Kier alpha value is -2.79. The van der Waals surface area contributed by atoms with E-state index in [2.05, 4.69) is 9.47 Å². The van der Waals surface area contributed by atoms with Crippen LogP contribution in [0, 0.1) is 17.6 Å². The molecule has 0 aromatic heterocycles.